The van der Waals surface area contributed by atoms with Gasteiger partial charge < -0.3 is 9.84 Å². The first-order valence-corrected chi connectivity index (χ1v) is 3.76. The molecule has 0 bridgehead atoms. The second-order valence-electron chi connectivity index (χ2n) is 3.00. The number of halogens is 1. The van der Waals surface area contributed by atoms with Crippen LogP contribution < -0.4 is 0 Å². The predicted molar refractivity (Wildman–Crippen MR) is 43.2 cm³/mol. The van der Waals surface area contributed by atoms with Crippen LogP contribution in [0.5, 0.6) is 0 Å². The fourth-order valence-corrected chi connectivity index (χ4v) is 0.791. The summed E-state index contributed by atoms with van der Waals surface area (Å²) in [6, 6.07) is 0. The first kappa shape index (κ1) is 11.2. The van der Waals surface area contributed by atoms with E-state index in [-0.39, 0.29) is 0 Å². The summed E-state index contributed by atoms with van der Waals surface area (Å²) in [5, 5.41) is 8.60. The van der Waals surface area contributed by atoms with Crippen molar-refractivity contribution in [1.29, 1.82) is 0 Å². The number of hydrogen-bond donors (Lipinski definition) is 1. The number of rotatable bonds is 3. The third-order valence-electron chi connectivity index (χ3n) is 1.76. The number of carbonyl (C=O) groups excluding carboxylic acids is 1. The summed E-state index contributed by atoms with van der Waals surface area (Å²) in [5.41, 5.74) is -2.07. The van der Waals surface area contributed by atoms with Crippen LogP contribution in [0.3, 0.4) is 0 Å². The smallest absolute Gasteiger partial charge is 0.404 e. The molecule has 0 spiro atoms. The van der Waals surface area contributed by atoms with E-state index in [1.165, 1.54) is 20.8 Å². The lowest BCUT2D eigenvalue weighted by atomic mass is 9.93. The van der Waals surface area contributed by atoms with Crippen molar-refractivity contribution in [1.82, 2.24) is 0 Å². The van der Waals surface area contributed by atoms with E-state index in [0.29, 0.717) is 0 Å². The minimum atomic E-state index is -1.08. The Morgan fingerprint density at radius 2 is 1.92 bits per heavy atom. The van der Waals surface area contributed by atoms with E-state index in [1.807, 2.05) is 0 Å². The highest BCUT2D eigenvalue weighted by Gasteiger charge is 2.34. The van der Waals surface area contributed by atoms with Crippen molar-refractivity contribution >= 4 is 23.0 Å². The van der Waals surface area contributed by atoms with E-state index < -0.39 is 22.9 Å². The molecule has 0 aliphatic heterocycles. The maximum absolute atomic E-state index is 10.5. The van der Waals surface area contributed by atoms with Gasteiger partial charge in [-0.15, -0.1) is 0 Å². The van der Waals surface area contributed by atoms with Crippen molar-refractivity contribution in [3.8, 4) is 0 Å². The van der Waals surface area contributed by atoms with Crippen molar-refractivity contribution in [2.45, 2.75) is 26.4 Å². The van der Waals surface area contributed by atoms with Crippen molar-refractivity contribution in [3.63, 3.8) is 0 Å². The summed E-state index contributed by atoms with van der Waals surface area (Å²) < 4.78 is 4.61. The van der Waals surface area contributed by atoms with Crippen LogP contribution >= 0.6 is 11.6 Å². The molecule has 0 aromatic carbocycles. The number of aliphatic carboxylic acids is 1. The normalized spacial score (nSPS) is 13.7. The largest absolute Gasteiger partial charge is 0.481 e. The molecule has 0 saturated heterocycles. The van der Waals surface area contributed by atoms with E-state index in [9.17, 15) is 9.59 Å². The maximum atomic E-state index is 10.5. The molecule has 0 saturated carbocycles. The zero-order valence-electron chi connectivity index (χ0n) is 7.13. The molecule has 0 radical (unpaired) electrons. The molecule has 0 fully saturated rings. The SMILES string of the molecule is CC(C(=O)O)C(C)(C)OC(=O)Cl. The molecule has 1 unspecified atom stereocenters. The Morgan fingerprint density at radius 3 is 2.17 bits per heavy atom. The monoisotopic (exact) mass is 194 g/mol. The molecule has 0 aromatic rings. The van der Waals surface area contributed by atoms with E-state index >= 15 is 0 Å². The molecule has 4 nitrogen and oxygen atoms in total. The first-order chi connectivity index (χ1) is 5.27. The highest BCUT2D eigenvalue weighted by atomic mass is 35.5. The average Bonchev–Trinajstić information content (AvgIpc) is 1.82. The summed E-state index contributed by atoms with van der Waals surface area (Å²) in [5.74, 6) is -1.82. The van der Waals surface area contributed by atoms with Gasteiger partial charge in [0, 0.05) is 11.6 Å². The van der Waals surface area contributed by atoms with E-state index in [0.717, 1.165) is 0 Å². The van der Waals surface area contributed by atoms with Gasteiger partial charge in [-0.1, -0.05) is 0 Å². The number of carboxylic acids is 1. The van der Waals surface area contributed by atoms with Gasteiger partial charge in [-0.25, -0.2) is 4.79 Å². The van der Waals surface area contributed by atoms with Gasteiger partial charge in [-0.05, 0) is 20.8 Å². The van der Waals surface area contributed by atoms with Crippen LogP contribution in [-0.2, 0) is 9.53 Å². The zero-order chi connectivity index (χ0) is 9.94. The van der Waals surface area contributed by atoms with Crippen molar-refractivity contribution in [2.75, 3.05) is 0 Å². The van der Waals surface area contributed by atoms with Gasteiger partial charge in [-0.3, -0.25) is 4.79 Å². The number of hydrogen-bond acceptors (Lipinski definition) is 3. The van der Waals surface area contributed by atoms with E-state index in [2.05, 4.69) is 4.74 Å². The van der Waals surface area contributed by atoms with Gasteiger partial charge in [0.1, 0.15) is 5.60 Å². The maximum Gasteiger partial charge on any atom is 0.404 e. The Hall–Kier alpha value is -0.770. The molecule has 0 aliphatic carbocycles. The van der Waals surface area contributed by atoms with E-state index in [1.54, 1.807) is 0 Å². The predicted octanol–water partition coefficient (Wildman–Crippen LogP) is 1.86. The fraction of sp³-hybridized carbons (Fsp3) is 0.714. The molecule has 0 rings (SSSR count). The average molecular weight is 195 g/mol. The Labute approximate surface area is 75.5 Å². The van der Waals surface area contributed by atoms with Crippen LogP contribution in [-0.4, -0.2) is 22.1 Å². The van der Waals surface area contributed by atoms with Gasteiger partial charge in [0.05, 0.1) is 5.92 Å². The highest BCUT2D eigenvalue weighted by Crippen LogP contribution is 2.22. The highest BCUT2D eigenvalue weighted by molar-refractivity contribution is 6.61. The van der Waals surface area contributed by atoms with Crippen LogP contribution in [0.15, 0.2) is 0 Å². The lowest BCUT2D eigenvalue weighted by molar-refractivity contribution is -0.148. The molecule has 0 aliphatic rings. The lowest BCUT2D eigenvalue weighted by Crippen LogP contribution is -2.38. The van der Waals surface area contributed by atoms with E-state index in [4.69, 9.17) is 16.7 Å². The van der Waals surface area contributed by atoms with Gasteiger partial charge in [0.25, 0.3) is 0 Å². The minimum absolute atomic E-state index is 0.791. The van der Waals surface area contributed by atoms with Crippen LogP contribution in [0, 0.1) is 5.92 Å². The van der Waals surface area contributed by atoms with Crippen LogP contribution in [0.1, 0.15) is 20.8 Å². The fourth-order valence-electron chi connectivity index (χ4n) is 0.593. The third-order valence-corrected chi connectivity index (χ3v) is 1.83. The summed E-state index contributed by atoms with van der Waals surface area (Å²) in [6.45, 7) is 4.43. The second-order valence-corrected chi connectivity index (χ2v) is 3.31. The summed E-state index contributed by atoms with van der Waals surface area (Å²) in [4.78, 5) is 20.8. The number of carbonyl (C=O) groups is 2. The topological polar surface area (TPSA) is 63.6 Å². The molecule has 12 heavy (non-hydrogen) atoms. The third kappa shape index (κ3) is 3.09. The lowest BCUT2D eigenvalue weighted by Gasteiger charge is -2.27. The van der Waals surface area contributed by atoms with Crippen molar-refractivity contribution < 1.29 is 19.4 Å². The summed E-state index contributed by atoms with van der Waals surface area (Å²) >= 11 is 4.96. The Balaban J connectivity index is 4.38. The minimum Gasteiger partial charge on any atom is -0.481 e. The van der Waals surface area contributed by atoms with Crippen LogP contribution in [0.2, 0.25) is 0 Å². The standard InChI is InChI=1S/C7H11ClO4/c1-4(5(9)10)7(2,3)12-6(8)11/h4H,1-3H3,(H,9,10). The molecule has 5 heteroatoms. The zero-order valence-corrected chi connectivity index (χ0v) is 7.88. The van der Waals surface area contributed by atoms with Gasteiger partial charge in [-0.2, -0.15) is 0 Å². The summed E-state index contributed by atoms with van der Waals surface area (Å²) in [7, 11) is 0. The molecule has 70 valence electrons. The van der Waals surface area contributed by atoms with Gasteiger partial charge in [0.15, 0.2) is 0 Å². The quantitative estimate of drug-likeness (QED) is 0.697. The van der Waals surface area contributed by atoms with Gasteiger partial charge >= 0.3 is 11.4 Å². The van der Waals surface area contributed by atoms with Gasteiger partial charge in [0.2, 0.25) is 0 Å². The van der Waals surface area contributed by atoms with Crippen LogP contribution in [0.4, 0.5) is 4.79 Å². The Morgan fingerprint density at radius 1 is 1.50 bits per heavy atom. The number of carboxylic acid groups (broad SMARTS) is 1. The molecule has 0 amide bonds. The Kier molecular flexibility index (Phi) is 3.52. The number of ether oxygens (including phenoxy) is 1. The van der Waals surface area contributed by atoms with Crippen LogP contribution in [0.25, 0.3) is 0 Å². The molecule has 0 heterocycles. The molecular weight excluding hydrogens is 184 g/mol. The molecular formula is C7H11ClO4. The second kappa shape index (κ2) is 3.76. The molecule has 1 N–H and O–H groups in total. The van der Waals surface area contributed by atoms with Crippen molar-refractivity contribution in [3.05, 3.63) is 0 Å². The Bertz CT molecular complexity index is 200. The molecule has 0 aromatic heterocycles. The summed E-state index contributed by atoms with van der Waals surface area (Å²) in [6.07, 6.45) is 0. The molecule has 1 atom stereocenters. The first-order valence-electron chi connectivity index (χ1n) is 3.38. The van der Waals surface area contributed by atoms with Crippen molar-refractivity contribution in [2.24, 2.45) is 5.92 Å².